The third-order valence-corrected chi connectivity index (χ3v) is 5.09. The SMILES string of the molecule is COc1ccc(/C=C2\NC(=O)N(CC(=O)Nc3ccc(S(N)(=O)=O)cc3)C2=O)cc1. The van der Waals surface area contributed by atoms with E-state index >= 15 is 0 Å². The highest BCUT2D eigenvalue weighted by molar-refractivity contribution is 7.89. The topological polar surface area (TPSA) is 148 Å². The first-order chi connectivity index (χ1) is 14.2. The summed E-state index contributed by atoms with van der Waals surface area (Å²) in [5, 5.41) is 9.93. The quantitative estimate of drug-likeness (QED) is 0.458. The molecular weight excluding hydrogens is 412 g/mol. The molecule has 1 fully saturated rings. The molecule has 1 aliphatic heterocycles. The molecule has 0 atom stereocenters. The van der Waals surface area contributed by atoms with E-state index in [1.807, 2.05) is 0 Å². The van der Waals surface area contributed by atoms with Gasteiger partial charge in [0.1, 0.15) is 18.0 Å². The molecular formula is C19H18N4O6S. The highest BCUT2D eigenvalue weighted by atomic mass is 32.2. The van der Waals surface area contributed by atoms with Gasteiger partial charge in [0.2, 0.25) is 15.9 Å². The number of urea groups is 1. The molecule has 11 heteroatoms. The molecule has 0 aliphatic carbocycles. The van der Waals surface area contributed by atoms with E-state index in [0.29, 0.717) is 11.3 Å². The summed E-state index contributed by atoms with van der Waals surface area (Å²) in [4.78, 5) is 37.5. The number of benzene rings is 2. The average Bonchev–Trinajstić information content (AvgIpc) is 2.95. The van der Waals surface area contributed by atoms with Crippen molar-refractivity contribution in [1.29, 1.82) is 0 Å². The van der Waals surface area contributed by atoms with Crippen LogP contribution in [-0.4, -0.2) is 44.8 Å². The van der Waals surface area contributed by atoms with E-state index in [1.165, 1.54) is 37.5 Å². The second-order valence-corrected chi connectivity index (χ2v) is 7.83. The third-order valence-electron chi connectivity index (χ3n) is 4.16. The Morgan fingerprint density at radius 2 is 1.77 bits per heavy atom. The summed E-state index contributed by atoms with van der Waals surface area (Å²) < 4.78 is 27.6. The van der Waals surface area contributed by atoms with Gasteiger partial charge in [-0.3, -0.25) is 9.59 Å². The van der Waals surface area contributed by atoms with Gasteiger partial charge < -0.3 is 15.4 Å². The average molecular weight is 430 g/mol. The summed E-state index contributed by atoms with van der Waals surface area (Å²) in [6, 6.07) is 11.3. The summed E-state index contributed by atoms with van der Waals surface area (Å²) in [6.07, 6.45) is 1.49. The van der Waals surface area contributed by atoms with Crippen LogP contribution in [0.4, 0.5) is 10.5 Å². The van der Waals surface area contributed by atoms with E-state index < -0.39 is 34.4 Å². The van der Waals surface area contributed by atoms with E-state index in [9.17, 15) is 22.8 Å². The largest absolute Gasteiger partial charge is 0.497 e. The van der Waals surface area contributed by atoms with Gasteiger partial charge in [0.25, 0.3) is 5.91 Å². The lowest BCUT2D eigenvalue weighted by atomic mass is 10.2. The number of rotatable bonds is 6. The lowest BCUT2D eigenvalue weighted by molar-refractivity contribution is -0.127. The second kappa shape index (κ2) is 8.35. The predicted octanol–water partition coefficient (Wildman–Crippen LogP) is 0.874. The number of amides is 4. The molecule has 0 saturated carbocycles. The minimum Gasteiger partial charge on any atom is -0.497 e. The number of carbonyl (C=O) groups excluding carboxylic acids is 3. The number of methoxy groups -OCH3 is 1. The Bertz CT molecular complexity index is 1120. The highest BCUT2D eigenvalue weighted by Gasteiger charge is 2.34. The molecule has 156 valence electrons. The third kappa shape index (κ3) is 4.82. The summed E-state index contributed by atoms with van der Waals surface area (Å²) in [6.45, 7) is -0.512. The monoisotopic (exact) mass is 430 g/mol. The van der Waals surface area contributed by atoms with Gasteiger partial charge in [0.15, 0.2) is 0 Å². The zero-order valence-electron chi connectivity index (χ0n) is 15.8. The summed E-state index contributed by atoms with van der Waals surface area (Å²) in [7, 11) is -2.32. The molecule has 4 amide bonds. The van der Waals surface area contributed by atoms with Crippen LogP contribution in [0.3, 0.4) is 0 Å². The second-order valence-electron chi connectivity index (χ2n) is 6.27. The van der Waals surface area contributed by atoms with Crippen LogP contribution in [0.5, 0.6) is 5.75 Å². The molecule has 0 aromatic heterocycles. The molecule has 10 nitrogen and oxygen atoms in total. The Morgan fingerprint density at radius 1 is 1.13 bits per heavy atom. The fourth-order valence-corrected chi connectivity index (χ4v) is 3.17. The number of hydrogen-bond acceptors (Lipinski definition) is 6. The van der Waals surface area contributed by atoms with E-state index in [-0.39, 0.29) is 16.3 Å². The van der Waals surface area contributed by atoms with Crippen LogP contribution in [0.25, 0.3) is 6.08 Å². The lowest BCUT2D eigenvalue weighted by Gasteiger charge is -2.12. The summed E-state index contributed by atoms with van der Waals surface area (Å²) in [5.41, 5.74) is 0.990. The van der Waals surface area contributed by atoms with Crippen molar-refractivity contribution in [2.75, 3.05) is 19.0 Å². The van der Waals surface area contributed by atoms with Crippen LogP contribution in [0.2, 0.25) is 0 Å². The van der Waals surface area contributed by atoms with Crippen LogP contribution in [0.15, 0.2) is 59.1 Å². The van der Waals surface area contributed by atoms with Crippen LogP contribution >= 0.6 is 0 Å². The Morgan fingerprint density at radius 3 is 2.33 bits per heavy atom. The number of nitrogens with zero attached hydrogens (tertiary/aromatic N) is 1. The summed E-state index contributed by atoms with van der Waals surface area (Å²) >= 11 is 0. The number of ether oxygens (including phenoxy) is 1. The molecule has 2 aromatic carbocycles. The molecule has 1 heterocycles. The molecule has 0 radical (unpaired) electrons. The van der Waals surface area contributed by atoms with E-state index in [0.717, 1.165) is 4.90 Å². The molecule has 1 saturated heterocycles. The Labute approximate surface area is 172 Å². The van der Waals surface area contributed by atoms with Crippen molar-refractivity contribution >= 4 is 39.6 Å². The van der Waals surface area contributed by atoms with Gasteiger partial charge in [0.05, 0.1) is 12.0 Å². The Balaban J connectivity index is 1.66. The zero-order valence-corrected chi connectivity index (χ0v) is 16.6. The van der Waals surface area contributed by atoms with Crippen molar-refractivity contribution in [3.8, 4) is 5.75 Å². The van der Waals surface area contributed by atoms with Crippen molar-refractivity contribution < 1.29 is 27.5 Å². The standard InChI is InChI=1S/C19H18N4O6S/c1-29-14-6-2-12(3-7-14)10-16-18(25)23(19(26)22-16)11-17(24)21-13-4-8-15(9-5-13)30(20,27)28/h2-10H,11H2,1H3,(H,21,24)(H,22,26)(H2,20,27,28)/b16-10-. The van der Waals surface area contributed by atoms with Crippen molar-refractivity contribution in [2.45, 2.75) is 4.90 Å². The lowest BCUT2D eigenvalue weighted by Crippen LogP contribution is -2.38. The van der Waals surface area contributed by atoms with Crippen molar-refractivity contribution in [3.05, 3.63) is 59.8 Å². The number of carbonyl (C=O) groups is 3. The van der Waals surface area contributed by atoms with Crippen molar-refractivity contribution in [3.63, 3.8) is 0 Å². The Kier molecular flexibility index (Phi) is 5.85. The maximum absolute atomic E-state index is 12.5. The normalized spacial score (nSPS) is 15.3. The van der Waals surface area contributed by atoms with Crippen molar-refractivity contribution in [1.82, 2.24) is 10.2 Å². The first-order valence-electron chi connectivity index (χ1n) is 8.58. The first-order valence-corrected chi connectivity index (χ1v) is 10.1. The van der Waals surface area contributed by atoms with Gasteiger partial charge >= 0.3 is 6.03 Å². The fraction of sp³-hybridized carbons (Fsp3) is 0.105. The maximum Gasteiger partial charge on any atom is 0.329 e. The van der Waals surface area contributed by atoms with Gasteiger partial charge in [-0.1, -0.05) is 12.1 Å². The van der Waals surface area contributed by atoms with Gasteiger partial charge in [-0.25, -0.2) is 23.3 Å². The molecule has 0 unspecified atom stereocenters. The van der Waals surface area contributed by atoms with Crippen LogP contribution < -0.4 is 20.5 Å². The maximum atomic E-state index is 12.5. The molecule has 0 spiro atoms. The molecule has 1 aliphatic rings. The van der Waals surface area contributed by atoms with Crippen LogP contribution in [-0.2, 0) is 19.6 Å². The zero-order chi connectivity index (χ0) is 21.9. The van der Waals surface area contributed by atoms with Gasteiger partial charge in [-0.05, 0) is 48.0 Å². The fourth-order valence-electron chi connectivity index (χ4n) is 2.65. The molecule has 0 bridgehead atoms. The number of hydrogen-bond donors (Lipinski definition) is 3. The number of nitrogens with one attached hydrogen (secondary N) is 2. The molecule has 2 aromatic rings. The highest BCUT2D eigenvalue weighted by Crippen LogP contribution is 2.17. The predicted molar refractivity (Wildman–Crippen MR) is 108 cm³/mol. The number of anilines is 1. The molecule has 3 rings (SSSR count). The van der Waals surface area contributed by atoms with E-state index in [2.05, 4.69) is 10.6 Å². The molecule has 4 N–H and O–H groups in total. The van der Waals surface area contributed by atoms with E-state index in [1.54, 1.807) is 24.3 Å². The van der Waals surface area contributed by atoms with Crippen molar-refractivity contribution in [2.24, 2.45) is 5.14 Å². The first kappa shape index (κ1) is 21.0. The van der Waals surface area contributed by atoms with Gasteiger partial charge in [-0.15, -0.1) is 0 Å². The van der Waals surface area contributed by atoms with Gasteiger partial charge in [0, 0.05) is 5.69 Å². The number of imide groups is 1. The number of nitrogens with two attached hydrogens (primary N) is 1. The smallest absolute Gasteiger partial charge is 0.329 e. The Hall–Kier alpha value is -3.70. The minimum atomic E-state index is -3.85. The minimum absolute atomic E-state index is 0.0375. The number of sulfonamides is 1. The number of primary sulfonamides is 1. The van der Waals surface area contributed by atoms with Crippen LogP contribution in [0, 0.1) is 0 Å². The molecule has 30 heavy (non-hydrogen) atoms. The van der Waals surface area contributed by atoms with Crippen LogP contribution in [0.1, 0.15) is 5.56 Å². The van der Waals surface area contributed by atoms with E-state index in [4.69, 9.17) is 9.88 Å². The van der Waals surface area contributed by atoms with Gasteiger partial charge in [-0.2, -0.15) is 0 Å². The summed E-state index contributed by atoms with van der Waals surface area (Å²) in [5.74, 6) is -0.627.